The highest BCUT2D eigenvalue weighted by molar-refractivity contribution is 4.95. The molecule has 1 aliphatic heterocycles. The summed E-state index contributed by atoms with van der Waals surface area (Å²) >= 11 is 0. The zero-order chi connectivity index (χ0) is 8.65. The molecule has 0 aliphatic carbocycles. The van der Waals surface area contributed by atoms with Crippen LogP contribution in [0.4, 0.5) is 0 Å². The van der Waals surface area contributed by atoms with E-state index in [9.17, 15) is 0 Å². The third-order valence-electron chi connectivity index (χ3n) is 2.35. The predicted molar refractivity (Wildman–Crippen MR) is 52.3 cm³/mol. The summed E-state index contributed by atoms with van der Waals surface area (Å²) in [4.78, 5) is 0. The first-order valence-corrected chi connectivity index (χ1v) is 5.21. The van der Waals surface area contributed by atoms with E-state index in [2.05, 4.69) is 19.1 Å². The minimum Gasteiger partial charge on any atom is -0.370 e. The number of rotatable bonds is 6. The van der Waals surface area contributed by atoms with E-state index >= 15 is 0 Å². The van der Waals surface area contributed by atoms with Gasteiger partial charge in [0.25, 0.3) is 0 Å². The average molecular weight is 168 g/mol. The van der Waals surface area contributed by atoms with E-state index in [1.54, 1.807) is 0 Å². The molecule has 0 spiro atoms. The van der Waals surface area contributed by atoms with Gasteiger partial charge in [0, 0.05) is 0 Å². The second-order valence-corrected chi connectivity index (χ2v) is 3.50. The number of unbranched alkanes of at least 4 members (excludes halogenated alkanes) is 4. The largest absolute Gasteiger partial charge is 0.370 e. The van der Waals surface area contributed by atoms with Gasteiger partial charge in [0.2, 0.25) is 0 Å². The van der Waals surface area contributed by atoms with Gasteiger partial charge in [-0.1, -0.05) is 51.2 Å². The molecular formula is C11H20O. The molecule has 1 atom stereocenters. The summed E-state index contributed by atoms with van der Waals surface area (Å²) in [6.07, 6.45) is 12.8. The first-order chi connectivity index (χ1) is 5.93. The molecule has 0 saturated carbocycles. The molecule has 12 heavy (non-hydrogen) atoms. The van der Waals surface area contributed by atoms with Gasteiger partial charge < -0.3 is 4.74 Å². The van der Waals surface area contributed by atoms with Gasteiger partial charge in [-0.2, -0.15) is 0 Å². The minimum atomic E-state index is 0.437. The highest BCUT2D eigenvalue weighted by Gasteiger charge is 2.07. The van der Waals surface area contributed by atoms with Crippen LogP contribution in [-0.2, 0) is 4.74 Å². The summed E-state index contributed by atoms with van der Waals surface area (Å²) < 4.78 is 5.45. The maximum absolute atomic E-state index is 5.45. The third kappa shape index (κ3) is 3.91. The molecule has 0 radical (unpaired) electrons. The normalized spacial score (nSPS) is 21.9. The lowest BCUT2D eigenvalue weighted by atomic mass is 10.1. The van der Waals surface area contributed by atoms with Gasteiger partial charge in [0.1, 0.15) is 0 Å². The molecule has 1 heterocycles. The maximum atomic E-state index is 5.45. The van der Waals surface area contributed by atoms with E-state index in [0.717, 1.165) is 6.61 Å². The summed E-state index contributed by atoms with van der Waals surface area (Å²) in [5.41, 5.74) is 0. The van der Waals surface area contributed by atoms with Crippen molar-refractivity contribution in [2.24, 2.45) is 0 Å². The van der Waals surface area contributed by atoms with Crippen LogP contribution in [0.5, 0.6) is 0 Å². The van der Waals surface area contributed by atoms with Crippen LogP contribution in [0.25, 0.3) is 0 Å². The van der Waals surface area contributed by atoms with Crippen molar-refractivity contribution in [1.82, 2.24) is 0 Å². The highest BCUT2D eigenvalue weighted by atomic mass is 16.5. The number of ether oxygens (including phenoxy) is 1. The third-order valence-corrected chi connectivity index (χ3v) is 2.35. The Morgan fingerprint density at radius 1 is 1.25 bits per heavy atom. The standard InChI is InChI=1S/C11H20O/c1-2-3-4-5-6-8-11-9-7-10-12-11/h7,9,11H,2-6,8,10H2,1H3. The van der Waals surface area contributed by atoms with Gasteiger partial charge in [-0.15, -0.1) is 0 Å². The summed E-state index contributed by atoms with van der Waals surface area (Å²) in [7, 11) is 0. The Kier molecular flexibility index (Phi) is 5.09. The summed E-state index contributed by atoms with van der Waals surface area (Å²) in [6.45, 7) is 3.09. The zero-order valence-corrected chi connectivity index (χ0v) is 8.09. The Balaban J connectivity index is 1.85. The lowest BCUT2D eigenvalue weighted by molar-refractivity contribution is 0.119. The molecule has 0 bridgehead atoms. The SMILES string of the molecule is CCCCCCCC1C=CCO1. The molecule has 0 N–H and O–H groups in total. The fraction of sp³-hybridized carbons (Fsp3) is 0.818. The van der Waals surface area contributed by atoms with Gasteiger partial charge in [-0.05, 0) is 6.42 Å². The average Bonchev–Trinajstić information content (AvgIpc) is 2.57. The molecule has 0 fully saturated rings. The van der Waals surface area contributed by atoms with Crippen molar-refractivity contribution >= 4 is 0 Å². The molecule has 1 nitrogen and oxygen atoms in total. The Bertz CT molecular complexity index is 129. The Labute approximate surface area is 75.8 Å². The molecule has 70 valence electrons. The minimum absolute atomic E-state index is 0.437. The van der Waals surface area contributed by atoms with Gasteiger partial charge in [-0.3, -0.25) is 0 Å². The number of hydrogen-bond acceptors (Lipinski definition) is 1. The van der Waals surface area contributed by atoms with Crippen LogP contribution in [0.15, 0.2) is 12.2 Å². The molecule has 0 aromatic rings. The lowest BCUT2D eigenvalue weighted by Gasteiger charge is -2.06. The lowest BCUT2D eigenvalue weighted by Crippen LogP contribution is -2.03. The summed E-state index contributed by atoms with van der Waals surface area (Å²) in [5, 5.41) is 0. The Hall–Kier alpha value is -0.300. The first kappa shape index (κ1) is 9.79. The van der Waals surface area contributed by atoms with Crippen molar-refractivity contribution in [2.75, 3.05) is 6.61 Å². The van der Waals surface area contributed by atoms with Gasteiger partial charge in [-0.25, -0.2) is 0 Å². The van der Waals surface area contributed by atoms with E-state index in [4.69, 9.17) is 4.74 Å². The Morgan fingerprint density at radius 2 is 2.08 bits per heavy atom. The fourth-order valence-corrected chi connectivity index (χ4v) is 1.57. The van der Waals surface area contributed by atoms with Crippen molar-refractivity contribution in [3.05, 3.63) is 12.2 Å². The van der Waals surface area contributed by atoms with Crippen LogP contribution in [0, 0.1) is 0 Å². The van der Waals surface area contributed by atoms with Crippen LogP contribution in [0.1, 0.15) is 45.4 Å². The van der Waals surface area contributed by atoms with E-state index < -0.39 is 0 Å². The molecule has 0 amide bonds. The molecular weight excluding hydrogens is 148 g/mol. The zero-order valence-electron chi connectivity index (χ0n) is 8.09. The topological polar surface area (TPSA) is 9.23 Å². The van der Waals surface area contributed by atoms with E-state index in [0.29, 0.717) is 6.10 Å². The van der Waals surface area contributed by atoms with Crippen molar-refractivity contribution in [3.8, 4) is 0 Å². The fourth-order valence-electron chi connectivity index (χ4n) is 1.57. The van der Waals surface area contributed by atoms with E-state index in [1.807, 2.05) is 0 Å². The predicted octanol–water partition coefficient (Wildman–Crippen LogP) is 3.30. The molecule has 0 aromatic carbocycles. The molecule has 1 heteroatoms. The number of hydrogen-bond donors (Lipinski definition) is 0. The van der Waals surface area contributed by atoms with Crippen LogP contribution >= 0.6 is 0 Å². The van der Waals surface area contributed by atoms with Crippen LogP contribution in [-0.4, -0.2) is 12.7 Å². The first-order valence-electron chi connectivity index (χ1n) is 5.21. The van der Waals surface area contributed by atoms with Crippen LogP contribution in [0.3, 0.4) is 0 Å². The molecule has 1 unspecified atom stereocenters. The van der Waals surface area contributed by atoms with Gasteiger partial charge in [0.15, 0.2) is 0 Å². The summed E-state index contributed by atoms with van der Waals surface area (Å²) in [6, 6.07) is 0. The molecule has 1 aliphatic rings. The monoisotopic (exact) mass is 168 g/mol. The summed E-state index contributed by atoms with van der Waals surface area (Å²) in [5.74, 6) is 0. The molecule has 1 rings (SSSR count). The quantitative estimate of drug-likeness (QED) is 0.437. The van der Waals surface area contributed by atoms with E-state index in [-0.39, 0.29) is 0 Å². The van der Waals surface area contributed by atoms with Crippen molar-refractivity contribution in [3.63, 3.8) is 0 Å². The van der Waals surface area contributed by atoms with Crippen molar-refractivity contribution in [1.29, 1.82) is 0 Å². The smallest absolute Gasteiger partial charge is 0.0760 e. The Morgan fingerprint density at radius 3 is 2.75 bits per heavy atom. The molecule has 0 saturated heterocycles. The second kappa shape index (κ2) is 6.24. The van der Waals surface area contributed by atoms with E-state index in [1.165, 1.54) is 38.5 Å². The molecule has 0 aromatic heterocycles. The highest BCUT2D eigenvalue weighted by Crippen LogP contribution is 2.13. The maximum Gasteiger partial charge on any atom is 0.0760 e. The second-order valence-electron chi connectivity index (χ2n) is 3.50. The van der Waals surface area contributed by atoms with Crippen LogP contribution < -0.4 is 0 Å². The van der Waals surface area contributed by atoms with Gasteiger partial charge >= 0.3 is 0 Å². The van der Waals surface area contributed by atoms with Crippen LogP contribution in [0.2, 0.25) is 0 Å². The van der Waals surface area contributed by atoms with Crippen molar-refractivity contribution in [2.45, 2.75) is 51.6 Å². The van der Waals surface area contributed by atoms with Gasteiger partial charge in [0.05, 0.1) is 12.7 Å². The van der Waals surface area contributed by atoms with Crippen molar-refractivity contribution < 1.29 is 4.74 Å².